The number of hydrogen-bond acceptors (Lipinski definition) is 2. The van der Waals surface area contributed by atoms with Crippen LogP contribution in [0.5, 0.6) is 0 Å². The fourth-order valence-corrected chi connectivity index (χ4v) is 2.69. The smallest absolute Gasteiger partial charge is 0.224 e. The zero-order chi connectivity index (χ0) is 13.0. The van der Waals surface area contributed by atoms with E-state index in [2.05, 4.69) is 19.2 Å². The van der Waals surface area contributed by atoms with Crippen LogP contribution in [0.15, 0.2) is 0 Å². The quantitative estimate of drug-likeness (QED) is 0.830. The highest BCUT2D eigenvalue weighted by Crippen LogP contribution is 2.30. The van der Waals surface area contributed by atoms with Gasteiger partial charge in [0.25, 0.3) is 0 Å². The van der Waals surface area contributed by atoms with Gasteiger partial charge in [-0.05, 0) is 31.6 Å². The second-order valence-electron chi connectivity index (χ2n) is 5.96. The number of carbonyl (C=O) groups excluding carboxylic acids is 1. The molecule has 4 atom stereocenters. The summed E-state index contributed by atoms with van der Waals surface area (Å²) in [4.78, 5) is 12.0. The van der Waals surface area contributed by atoms with Crippen molar-refractivity contribution in [2.45, 2.75) is 65.5 Å². The van der Waals surface area contributed by atoms with Crippen molar-refractivity contribution >= 4 is 18.3 Å². The molecule has 0 heterocycles. The molecule has 1 aliphatic carbocycles. The molecule has 18 heavy (non-hydrogen) atoms. The monoisotopic (exact) mass is 276 g/mol. The fraction of sp³-hybridized carbons (Fsp3) is 0.929. The molecule has 0 aliphatic heterocycles. The Balaban J connectivity index is 0.00000289. The molecule has 1 aliphatic rings. The van der Waals surface area contributed by atoms with E-state index in [0.717, 1.165) is 6.42 Å². The Morgan fingerprint density at radius 1 is 1.17 bits per heavy atom. The van der Waals surface area contributed by atoms with Crippen molar-refractivity contribution in [3.05, 3.63) is 0 Å². The van der Waals surface area contributed by atoms with Gasteiger partial charge in [-0.2, -0.15) is 0 Å². The van der Waals surface area contributed by atoms with E-state index in [0.29, 0.717) is 17.9 Å². The van der Waals surface area contributed by atoms with Crippen LogP contribution in [0.1, 0.15) is 53.4 Å². The minimum absolute atomic E-state index is 0. The molecule has 1 fully saturated rings. The maximum atomic E-state index is 12.0. The van der Waals surface area contributed by atoms with Crippen molar-refractivity contribution < 1.29 is 4.79 Å². The molecule has 0 aromatic carbocycles. The van der Waals surface area contributed by atoms with E-state index in [-0.39, 0.29) is 30.3 Å². The van der Waals surface area contributed by atoms with Gasteiger partial charge in [0.05, 0.1) is 0 Å². The largest absolute Gasteiger partial charge is 0.353 e. The molecule has 0 aromatic rings. The predicted octanol–water partition coefficient (Wildman–Crippen LogP) is 2.72. The molecule has 0 spiro atoms. The summed E-state index contributed by atoms with van der Waals surface area (Å²) in [6.45, 7) is 8.31. The Bertz CT molecular complexity index is 256. The summed E-state index contributed by atoms with van der Waals surface area (Å²) < 4.78 is 0. The van der Waals surface area contributed by atoms with Crippen molar-refractivity contribution in [3.8, 4) is 0 Å². The highest BCUT2D eigenvalue weighted by atomic mass is 35.5. The van der Waals surface area contributed by atoms with E-state index < -0.39 is 0 Å². The van der Waals surface area contributed by atoms with Gasteiger partial charge in [0.1, 0.15) is 0 Å². The van der Waals surface area contributed by atoms with E-state index in [1.165, 1.54) is 19.3 Å². The van der Waals surface area contributed by atoms with Crippen LogP contribution in [0.25, 0.3) is 0 Å². The average Bonchev–Trinajstić information content (AvgIpc) is 2.28. The van der Waals surface area contributed by atoms with Crippen molar-refractivity contribution in [1.29, 1.82) is 0 Å². The Hall–Kier alpha value is -0.280. The zero-order valence-corrected chi connectivity index (χ0v) is 12.9. The van der Waals surface area contributed by atoms with Gasteiger partial charge in [-0.3, -0.25) is 4.79 Å². The van der Waals surface area contributed by atoms with Crippen LogP contribution in [0.2, 0.25) is 0 Å². The number of nitrogens with two attached hydrogens (primary N) is 1. The third-order valence-electron chi connectivity index (χ3n) is 4.21. The number of carbonyl (C=O) groups is 1. The summed E-state index contributed by atoms with van der Waals surface area (Å²) in [7, 11) is 0. The van der Waals surface area contributed by atoms with Crippen LogP contribution >= 0.6 is 12.4 Å². The van der Waals surface area contributed by atoms with E-state index in [1.807, 2.05) is 13.8 Å². The molecule has 1 saturated carbocycles. The topological polar surface area (TPSA) is 55.1 Å². The number of amides is 1. The Labute approximate surface area is 118 Å². The summed E-state index contributed by atoms with van der Waals surface area (Å²) in [6, 6.07) is 0.286. The maximum Gasteiger partial charge on any atom is 0.224 e. The third kappa shape index (κ3) is 4.77. The molecule has 4 unspecified atom stereocenters. The van der Waals surface area contributed by atoms with Crippen molar-refractivity contribution in [2.24, 2.45) is 23.5 Å². The van der Waals surface area contributed by atoms with Crippen LogP contribution in [0, 0.1) is 17.8 Å². The first-order valence-corrected chi connectivity index (χ1v) is 6.99. The zero-order valence-electron chi connectivity index (χ0n) is 12.1. The molecule has 0 saturated heterocycles. The maximum absolute atomic E-state index is 12.0. The standard InChI is InChI=1S/C14H28N2O.ClH/c1-9(2)12-7-5-6-8-13(12)16-14(17)10(3)11(4)15;/h9-13H,5-8,15H2,1-4H3,(H,16,17);1H. The van der Waals surface area contributed by atoms with E-state index >= 15 is 0 Å². The molecule has 108 valence electrons. The SMILES string of the molecule is CC(C)C1CCCCC1NC(=O)C(C)C(C)N.Cl. The van der Waals surface area contributed by atoms with Gasteiger partial charge in [0.2, 0.25) is 5.91 Å². The lowest BCUT2D eigenvalue weighted by Gasteiger charge is -2.35. The minimum Gasteiger partial charge on any atom is -0.353 e. The molecule has 1 amide bonds. The summed E-state index contributed by atoms with van der Waals surface area (Å²) in [5.41, 5.74) is 5.78. The van der Waals surface area contributed by atoms with E-state index in [9.17, 15) is 4.79 Å². The minimum atomic E-state index is -0.0928. The molecule has 3 N–H and O–H groups in total. The molecule has 4 heteroatoms. The van der Waals surface area contributed by atoms with Crippen molar-refractivity contribution in [3.63, 3.8) is 0 Å². The first kappa shape index (κ1) is 17.7. The number of rotatable bonds is 4. The van der Waals surface area contributed by atoms with Crippen LogP contribution in [-0.2, 0) is 4.79 Å². The van der Waals surface area contributed by atoms with Gasteiger partial charge in [-0.25, -0.2) is 0 Å². The summed E-state index contributed by atoms with van der Waals surface area (Å²) in [6.07, 6.45) is 4.91. The average molecular weight is 277 g/mol. The molecular weight excluding hydrogens is 248 g/mol. The van der Waals surface area contributed by atoms with Crippen LogP contribution < -0.4 is 11.1 Å². The van der Waals surface area contributed by atoms with Gasteiger partial charge in [0.15, 0.2) is 0 Å². The summed E-state index contributed by atoms with van der Waals surface area (Å²) in [5, 5.41) is 3.21. The van der Waals surface area contributed by atoms with E-state index in [4.69, 9.17) is 5.73 Å². The van der Waals surface area contributed by atoms with Crippen molar-refractivity contribution in [1.82, 2.24) is 5.32 Å². The summed E-state index contributed by atoms with van der Waals surface area (Å²) in [5.74, 6) is 1.31. The third-order valence-corrected chi connectivity index (χ3v) is 4.21. The molecule has 0 bridgehead atoms. The first-order valence-electron chi connectivity index (χ1n) is 6.99. The normalized spacial score (nSPS) is 27.2. The van der Waals surface area contributed by atoms with Gasteiger partial charge in [-0.15, -0.1) is 12.4 Å². The van der Waals surface area contributed by atoms with Crippen molar-refractivity contribution in [2.75, 3.05) is 0 Å². The Morgan fingerprint density at radius 2 is 1.72 bits per heavy atom. The van der Waals surface area contributed by atoms with Gasteiger partial charge in [-0.1, -0.05) is 33.6 Å². The number of halogens is 1. The predicted molar refractivity (Wildman–Crippen MR) is 78.8 cm³/mol. The fourth-order valence-electron chi connectivity index (χ4n) is 2.69. The first-order chi connectivity index (χ1) is 7.93. The number of hydrogen-bond donors (Lipinski definition) is 2. The van der Waals surface area contributed by atoms with Gasteiger partial charge < -0.3 is 11.1 Å². The molecule has 0 aromatic heterocycles. The molecule has 0 radical (unpaired) electrons. The molecule has 3 nitrogen and oxygen atoms in total. The molecular formula is C14H29ClN2O. The number of nitrogens with one attached hydrogen (secondary N) is 1. The highest BCUT2D eigenvalue weighted by Gasteiger charge is 2.30. The van der Waals surface area contributed by atoms with Crippen LogP contribution in [0.4, 0.5) is 0 Å². The lowest BCUT2D eigenvalue weighted by atomic mass is 9.77. The van der Waals surface area contributed by atoms with Crippen LogP contribution in [0.3, 0.4) is 0 Å². The highest BCUT2D eigenvalue weighted by molar-refractivity contribution is 5.85. The lowest BCUT2D eigenvalue weighted by Crippen LogP contribution is -2.48. The van der Waals surface area contributed by atoms with E-state index in [1.54, 1.807) is 0 Å². The Morgan fingerprint density at radius 3 is 2.22 bits per heavy atom. The van der Waals surface area contributed by atoms with Gasteiger partial charge in [0, 0.05) is 18.0 Å². The molecule has 1 rings (SSSR count). The second kappa shape index (κ2) is 8.00. The van der Waals surface area contributed by atoms with Crippen LogP contribution in [-0.4, -0.2) is 18.0 Å². The van der Waals surface area contributed by atoms with Gasteiger partial charge >= 0.3 is 0 Å². The lowest BCUT2D eigenvalue weighted by molar-refractivity contribution is -0.126. The summed E-state index contributed by atoms with van der Waals surface area (Å²) >= 11 is 0. The Kier molecular flexibility index (Phi) is 7.88. The second-order valence-corrected chi connectivity index (χ2v) is 5.96.